The summed E-state index contributed by atoms with van der Waals surface area (Å²) in [7, 11) is 0. The third kappa shape index (κ3) is 2.62. The molecule has 0 atom stereocenters. The molecule has 94 valence electrons. The molecule has 1 N–H and O–H groups in total. The van der Waals surface area contributed by atoms with Crippen LogP contribution in [0.15, 0.2) is 27.1 Å². The second-order valence-electron chi connectivity index (χ2n) is 4.64. The van der Waals surface area contributed by atoms with Crippen molar-refractivity contribution in [2.24, 2.45) is 0 Å². The van der Waals surface area contributed by atoms with Gasteiger partial charge in [0.1, 0.15) is 0 Å². The molecule has 1 fully saturated rings. The van der Waals surface area contributed by atoms with Crippen molar-refractivity contribution in [3.63, 3.8) is 0 Å². The number of aryl methyl sites for hydroxylation is 1. The fourth-order valence-corrected chi connectivity index (χ4v) is 2.17. The maximum atomic E-state index is 5.67. The van der Waals surface area contributed by atoms with Crippen molar-refractivity contribution in [2.75, 3.05) is 0 Å². The molecule has 5 heteroatoms. The largest absolute Gasteiger partial charge is 0.419 e. The molecule has 1 saturated carbocycles. The first-order chi connectivity index (χ1) is 8.72. The van der Waals surface area contributed by atoms with E-state index in [1.165, 1.54) is 18.4 Å². The second kappa shape index (κ2) is 4.82. The third-order valence-electron chi connectivity index (χ3n) is 2.94. The summed E-state index contributed by atoms with van der Waals surface area (Å²) in [6, 6.07) is 6.72. The summed E-state index contributed by atoms with van der Waals surface area (Å²) in [6.07, 6.45) is 2.51. The summed E-state index contributed by atoms with van der Waals surface area (Å²) < 4.78 is 6.64. The molecule has 1 aromatic carbocycles. The van der Waals surface area contributed by atoms with E-state index in [1.54, 1.807) is 0 Å². The van der Waals surface area contributed by atoms with Gasteiger partial charge in [-0.15, -0.1) is 10.2 Å². The molecule has 1 aromatic heterocycles. The van der Waals surface area contributed by atoms with Crippen molar-refractivity contribution < 1.29 is 4.42 Å². The first-order valence-electron chi connectivity index (χ1n) is 6.04. The lowest BCUT2D eigenvalue weighted by Crippen LogP contribution is -2.15. The second-order valence-corrected chi connectivity index (χ2v) is 5.49. The van der Waals surface area contributed by atoms with Crippen LogP contribution in [0, 0.1) is 6.92 Å². The number of benzene rings is 1. The van der Waals surface area contributed by atoms with Crippen LogP contribution in [0.5, 0.6) is 0 Å². The van der Waals surface area contributed by atoms with Gasteiger partial charge in [-0.1, -0.05) is 11.6 Å². The highest BCUT2D eigenvalue weighted by atomic mass is 79.9. The summed E-state index contributed by atoms with van der Waals surface area (Å²) in [4.78, 5) is 0. The van der Waals surface area contributed by atoms with Gasteiger partial charge in [0.05, 0.1) is 12.1 Å². The number of nitrogens with one attached hydrogen (secondary N) is 1. The van der Waals surface area contributed by atoms with Crippen LogP contribution in [0.1, 0.15) is 24.3 Å². The zero-order valence-electron chi connectivity index (χ0n) is 10.1. The topological polar surface area (TPSA) is 51.0 Å². The molecule has 0 unspecified atom stereocenters. The molecule has 3 rings (SSSR count). The third-order valence-corrected chi connectivity index (χ3v) is 3.63. The molecule has 1 aliphatic carbocycles. The van der Waals surface area contributed by atoms with Crippen LogP contribution in [-0.2, 0) is 6.54 Å². The predicted octanol–water partition coefficient (Wildman–Crippen LogP) is 3.06. The van der Waals surface area contributed by atoms with Crippen LogP contribution < -0.4 is 5.32 Å². The summed E-state index contributed by atoms with van der Waals surface area (Å²) in [5.74, 6) is 1.21. The van der Waals surface area contributed by atoms with Crippen molar-refractivity contribution in [1.29, 1.82) is 0 Å². The van der Waals surface area contributed by atoms with Crippen molar-refractivity contribution in [1.82, 2.24) is 15.5 Å². The van der Waals surface area contributed by atoms with E-state index in [-0.39, 0.29) is 0 Å². The van der Waals surface area contributed by atoms with Gasteiger partial charge >= 0.3 is 0 Å². The van der Waals surface area contributed by atoms with Crippen LogP contribution >= 0.6 is 15.9 Å². The number of nitrogens with zero attached hydrogens (tertiary/aromatic N) is 2. The number of aromatic nitrogens is 2. The maximum Gasteiger partial charge on any atom is 0.248 e. The Hall–Kier alpha value is -1.20. The van der Waals surface area contributed by atoms with Gasteiger partial charge < -0.3 is 9.73 Å². The molecular weight excluding hydrogens is 294 g/mol. The van der Waals surface area contributed by atoms with Crippen LogP contribution in [0.4, 0.5) is 0 Å². The van der Waals surface area contributed by atoms with Gasteiger partial charge in [-0.2, -0.15) is 0 Å². The van der Waals surface area contributed by atoms with Gasteiger partial charge in [-0.05, 0) is 47.8 Å². The molecule has 1 aliphatic rings. The fraction of sp³-hybridized carbons (Fsp3) is 0.385. The highest BCUT2D eigenvalue weighted by Gasteiger charge is 2.21. The Bertz CT molecular complexity index is 563. The number of hydrogen-bond acceptors (Lipinski definition) is 4. The number of halogens is 1. The predicted molar refractivity (Wildman–Crippen MR) is 72.0 cm³/mol. The normalized spacial score (nSPS) is 15.0. The molecular formula is C13H14BrN3O. The first-order valence-corrected chi connectivity index (χ1v) is 6.84. The summed E-state index contributed by atoms with van der Waals surface area (Å²) in [6.45, 7) is 2.70. The maximum absolute atomic E-state index is 5.67. The minimum atomic E-state index is 0.568. The lowest BCUT2D eigenvalue weighted by atomic mass is 10.1. The van der Waals surface area contributed by atoms with E-state index in [0.29, 0.717) is 24.4 Å². The molecule has 0 saturated heterocycles. The summed E-state index contributed by atoms with van der Waals surface area (Å²) in [5, 5.41) is 11.5. The summed E-state index contributed by atoms with van der Waals surface area (Å²) in [5.41, 5.74) is 2.12. The quantitative estimate of drug-likeness (QED) is 0.943. The van der Waals surface area contributed by atoms with Gasteiger partial charge in [-0.25, -0.2) is 0 Å². The van der Waals surface area contributed by atoms with Crippen molar-refractivity contribution in [2.45, 2.75) is 32.4 Å². The monoisotopic (exact) mass is 307 g/mol. The van der Waals surface area contributed by atoms with Crippen molar-refractivity contribution in [3.8, 4) is 11.5 Å². The zero-order valence-corrected chi connectivity index (χ0v) is 11.7. The van der Waals surface area contributed by atoms with Crippen LogP contribution in [0.25, 0.3) is 11.5 Å². The molecule has 4 nitrogen and oxygen atoms in total. The van der Waals surface area contributed by atoms with Crippen LogP contribution in [0.2, 0.25) is 0 Å². The number of hydrogen-bond donors (Lipinski definition) is 1. The molecule has 2 aromatic rings. The molecule has 0 aliphatic heterocycles. The van der Waals surface area contributed by atoms with E-state index in [1.807, 2.05) is 25.1 Å². The van der Waals surface area contributed by atoms with Gasteiger partial charge in [0.25, 0.3) is 0 Å². The van der Waals surface area contributed by atoms with Gasteiger partial charge in [0.15, 0.2) is 0 Å². The molecule has 0 spiro atoms. The van der Waals surface area contributed by atoms with E-state index < -0.39 is 0 Å². The van der Waals surface area contributed by atoms with E-state index in [2.05, 4.69) is 31.4 Å². The molecule has 1 heterocycles. The first kappa shape index (κ1) is 11.9. The van der Waals surface area contributed by atoms with Crippen LogP contribution in [-0.4, -0.2) is 16.2 Å². The summed E-state index contributed by atoms with van der Waals surface area (Å²) >= 11 is 3.51. The van der Waals surface area contributed by atoms with Gasteiger partial charge in [0, 0.05) is 10.5 Å². The SMILES string of the molecule is Cc1ccc(Br)c(-c2nnc(CNC3CC3)o2)c1. The van der Waals surface area contributed by atoms with Crippen molar-refractivity contribution >= 4 is 15.9 Å². The molecule has 0 radical (unpaired) electrons. The highest BCUT2D eigenvalue weighted by Crippen LogP contribution is 2.28. The minimum Gasteiger partial charge on any atom is -0.419 e. The Kier molecular flexibility index (Phi) is 3.18. The Morgan fingerprint density at radius 1 is 1.39 bits per heavy atom. The minimum absolute atomic E-state index is 0.568. The zero-order chi connectivity index (χ0) is 12.5. The Labute approximate surface area is 114 Å². The highest BCUT2D eigenvalue weighted by molar-refractivity contribution is 9.10. The molecule has 0 amide bonds. The van der Waals surface area contributed by atoms with Gasteiger partial charge in [0.2, 0.25) is 11.8 Å². The Morgan fingerprint density at radius 3 is 3.00 bits per heavy atom. The van der Waals surface area contributed by atoms with Crippen molar-refractivity contribution in [3.05, 3.63) is 34.1 Å². The standard InChI is InChI=1S/C13H14BrN3O/c1-8-2-5-11(14)10(6-8)13-17-16-12(18-13)7-15-9-3-4-9/h2,5-6,9,15H,3-4,7H2,1H3. The number of rotatable bonds is 4. The average molecular weight is 308 g/mol. The van der Waals surface area contributed by atoms with Gasteiger partial charge in [-0.3, -0.25) is 0 Å². The molecule has 18 heavy (non-hydrogen) atoms. The fourth-order valence-electron chi connectivity index (χ4n) is 1.76. The van der Waals surface area contributed by atoms with E-state index in [4.69, 9.17) is 4.42 Å². The Morgan fingerprint density at radius 2 is 2.22 bits per heavy atom. The average Bonchev–Trinajstić information content (AvgIpc) is 3.08. The lowest BCUT2D eigenvalue weighted by Gasteiger charge is -2.00. The molecule has 0 bridgehead atoms. The Balaban J connectivity index is 1.80. The lowest BCUT2D eigenvalue weighted by molar-refractivity contribution is 0.476. The smallest absolute Gasteiger partial charge is 0.248 e. The van der Waals surface area contributed by atoms with Crippen LogP contribution in [0.3, 0.4) is 0 Å². The van der Waals surface area contributed by atoms with E-state index in [0.717, 1.165) is 10.0 Å². The van der Waals surface area contributed by atoms with E-state index >= 15 is 0 Å². The van der Waals surface area contributed by atoms with E-state index in [9.17, 15) is 0 Å².